The van der Waals surface area contributed by atoms with E-state index in [1.165, 1.54) is 14.2 Å². The highest BCUT2D eigenvalue weighted by atomic mass is 16.5. The van der Waals surface area contributed by atoms with E-state index in [-0.39, 0.29) is 11.1 Å². The Bertz CT molecular complexity index is 1060. The topological polar surface area (TPSA) is 71.1 Å². The number of benzene rings is 3. The highest BCUT2D eigenvalue weighted by Gasteiger charge is 2.24. The lowest BCUT2D eigenvalue weighted by atomic mass is 9.92. The standard InChI is InChI=1S/C28H30O6/c1-31-27(29)25-14-13-23(15-17-33-19-21-9-5-3-6-10-21)24(26(25)28(30)32-2)16-18-34-20-22-11-7-4-8-12-22/h3-14H,15-20H2,1-2H3. The summed E-state index contributed by atoms with van der Waals surface area (Å²) in [4.78, 5) is 25.1. The van der Waals surface area contributed by atoms with Crippen molar-refractivity contribution in [2.75, 3.05) is 27.4 Å². The van der Waals surface area contributed by atoms with Gasteiger partial charge in [0.05, 0.1) is 51.8 Å². The second kappa shape index (κ2) is 13.3. The largest absolute Gasteiger partial charge is 0.465 e. The first-order valence-corrected chi connectivity index (χ1v) is 11.2. The van der Waals surface area contributed by atoms with Gasteiger partial charge in [0, 0.05) is 0 Å². The summed E-state index contributed by atoms with van der Waals surface area (Å²) < 4.78 is 21.6. The normalized spacial score (nSPS) is 10.6. The maximum Gasteiger partial charge on any atom is 0.339 e. The van der Waals surface area contributed by atoms with Crippen molar-refractivity contribution in [2.45, 2.75) is 26.1 Å². The molecule has 3 rings (SSSR count). The fourth-order valence-corrected chi connectivity index (χ4v) is 3.71. The van der Waals surface area contributed by atoms with E-state index >= 15 is 0 Å². The molecule has 0 radical (unpaired) electrons. The van der Waals surface area contributed by atoms with Crippen LogP contribution in [-0.2, 0) is 45.0 Å². The van der Waals surface area contributed by atoms with Gasteiger partial charge in [-0.1, -0.05) is 66.7 Å². The molecule has 0 aliphatic rings. The van der Waals surface area contributed by atoms with Crippen LogP contribution in [0.1, 0.15) is 43.0 Å². The molecule has 0 bridgehead atoms. The van der Waals surface area contributed by atoms with Crippen LogP contribution in [0.3, 0.4) is 0 Å². The average Bonchev–Trinajstić information content (AvgIpc) is 2.89. The molecule has 0 aromatic heterocycles. The number of ether oxygens (including phenoxy) is 4. The zero-order valence-electron chi connectivity index (χ0n) is 19.6. The van der Waals surface area contributed by atoms with Crippen molar-refractivity contribution in [3.05, 3.63) is 106 Å². The first-order valence-electron chi connectivity index (χ1n) is 11.2. The van der Waals surface area contributed by atoms with Crippen molar-refractivity contribution in [1.82, 2.24) is 0 Å². The van der Waals surface area contributed by atoms with Gasteiger partial charge in [0.1, 0.15) is 0 Å². The zero-order chi connectivity index (χ0) is 24.2. The van der Waals surface area contributed by atoms with E-state index in [9.17, 15) is 9.59 Å². The lowest BCUT2D eigenvalue weighted by Crippen LogP contribution is -2.18. The summed E-state index contributed by atoms with van der Waals surface area (Å²) in [5, 5.41) is 0. The lowest BCUT2D eigenvalue weighted by molar-refractivity contribution is 0.0553. The predicted molar refractivity (Wildman–Crippen MR) is 129 cm³/mol. The Morgan fingerprint density at radius 3 is 1.71 bits per heavy atom. The first kappa shape index (κ1) is 25.1. The molecule has 3 aromatic rings. The van der Waals surface area contributed by atoms with Crippen molar-refractivity contribution in [2.24, 2.45) is 0 Å². The number of hydrogen-bond acceptors (Lipinski definition) is 6. The van der Waals surface area contributed by atoms with Crippen LogP contribution in [0.2, 0.25) is 0 Å². The van der Waals surface area contributed by atoms with Crippen LogP contribution in [0, 0.1) is 0 Å². The van der Waals surface area contributed by atoms with Gasteiger partial charge in [0.25, 0.3) is 0 Å². The predicted octanol–water partition coefficient (Wildman–Crippen LogP) is 4.78. The number of rotatable bonds is 12. The summed E-state index contributed by atoms with van der Waals surface area (Å²) in [5.74, 6) is -1.16. The molecule has 0 amide bonds. The molecule has 0 fully saturated rings. The van der Waals surface area contributed by atoms with Gasteiger partial charge in [-0.05, 0) is 41.2 Å². The number of esters is 2. The highest BCUT2D eigenvalue weighted by Crippen LogP contribution is 2.24. The van der Waals surface area contributed by atoms with Crippen molar-refractivity contribution in [3.8, 4) is 0 Å². The quantitative estimate of drug-likeness (QED) is 0.285. The Morgan fingerprint density at radius 2 is 1.18 bits per heavy atom. The average molecular weight is 463 g/mol. The SMILES string of the molecule is COC(=O)c1ccc(CCOCc2ccccc2)c(CCOCc2ccccc2)c1C(=O)OC. The maximum atomic E-state index is 12.7. The molecule has 6 heteroatoms. The maximum absolute atomic E-state index is 12.7. The molecule has 0 saturated carbocycles. The fourth-order valence-electron chi connectivity index (χ4n) is 3.71. The van der Waals surface area contributed by atoms with Crippen LogP contribution in [-0.4, -0.2) is 39.4 Å². The summed E-state index contributed by atoms with van der Waals surface area (Å²) in [5.41, 5.74) is 4.18. The van der Waals surface area contributed by atoms with Crippen LogP contribution in [0.5, 0.6) is 0 Å². The van der Waals surface area contributed by atoms with Crippen LogP contribution >= 0.6 is 0 Å². The molecule has 0 spiro atoms. The van der Waals surface area contributed by atoms with Gasteiger partial charge in [-0.25, -0.2) is 9.59 Å². The number of methoxy groups -OCH3 is 2. The molecule has 178 valence electrons. The molecule has 3 aromatic carbocycles. The second-order valence-corrected chi connectivity index (χ2v) is 7.69. The van der Waals surface area contributed by atoms with Gasteiger partial charge in [0.2, 0.25) is 0 Å². The third-order valence-electron chi connectivity index (χ3n) is 5.44. The lowest BCUT2D eigenvalue weighted by Gasteiger charge is -2.17. The molecular weight excluding hydrogens is 432 g/mol. The number of carbonyl (C=O) groups is 2. The third kappa shape index (κ3) is 7.01. The minimum Gasteiger partial charge on any atom is -0.465 e. The molecule has 6 nitrogen and oxygen atoms in total. The number of hydrogen-bond donors (Lipinski definition) is 0. The Labute approximate surface area is 200 Å². The van der Waals surface area contributed by atoms with E-state index in [1.807, 2.05) is 66.7 Å². The molecular formula is C28H30O6. The smallest absolute Gasteiger partial charge is 0.339 e. The van der Waals surface area contributed by atoms with Crippen LogP contribution in [0.25, 0.3) is 0 Å². The molecule has 0 aliphatic heterocycles. The summed E-state index contributed by atoms with van der Waals surface area (Å²) in [6.07, 6.45) is 1.02. The Kier molecular flexibility index (Phi) is 9.82. The number of carbonyl (C=O) groups excluding carboxylic acids is 2. The van der Waals surface area contributed by atoms with Crippen LogP contribution < -0.4 is 0 Å². The molecule has 0 heterocycles. The van der Waals surface area contributed by atoms with E-state index in [0.29, 0.717) is 44.8 Å². The summed E-state index contributed by atoms with van der Waals surface area (Å²) in [6.45, 7) is 1.80. The first-order chi connectivity index (χ1) is 16.6. The van der Waals surface area contributed by atoms with Crippen molar-refractivity contribution >= 4 is 11.9 Å². The minimum atomic E-state index is -0.585. The minimum absolute atomic E-state index is 0.182. The second-order valence-electron chi connectivity index (χ2n) is 7.69. The van der Waals surface area contributed by atoms with Crippen LogP contribution in [0.15, 0.2) is 72.8 Å². The summed E-state index contributed by atoms with van der Waals surface area (Å²) in [7, 11) is 2.59. The fraction of sp³-hybridized carbons (Fsp3) is 0.286. The molecule has 0 unspecified atom stereocenters. The molecule has 0 saturated heterocycles. The molecule has 34 heavy (non-hydrogen) atoms. The van der Waals surface area contributed by atoms with E-state index in [4.69, 9.17) is 18.9 Å². The molecule has 0 atom stereocenters. The van der Waals surface area contributed by atoms with E-state index in [1.54, 1.807) is 6.07 Å². The van der Waals surface area contributed by atoms with E-state index < -0.39 is 11.9 Å². The van der Waals surface area contributed by atoms with Crippen molar-refractivity contribution < 1.29 is 28.5 Å². The van der Waals surface area contributed by atoms with Gasteiger partial charge >= 0.3 is 11.9 Å². The van der Waals surface area contributed by atoms with Gasteiger partial charge in [-0.15, -0.1) is 0 Å². The van der Waals surface area contributed by atoms with Gasteiger partial charge in [-0.2, -0.15) is 0 Å². The Balaban J connectivity index is 1.76. The Hall–Kier alpha value is -3.48. The molecule has 0 aliphatic carbocycles. The van der Waals surface area contributed by atoms with Crippen molar-refractivity contribution in [1.29, 1.82) is 0 Å². The van der Waals surface area contributed by atoms with Gasteiger partial charge in [-0.3, -0.25) is 0 Å². The van der Waals surface area contributed by atoms with E-state index in [0.717, 1.165) is 16.7 Å². The van der Waals surface area contributed by atoms with Crippen molar-refractivity contribution in [3.63, 3.8) is 0 Å². The van der Waals surface area contributed by atoms with Gasteiger partial charge in [0.15, 0.2) is 0 Å². The highest BCUT2D eigenvalue weighted by molar-refractivity contribution is 6.04. The third-order valence-corrected chi connectivity index (χ3v) is 5.44. The Morgan fingerprint density at radius 1 is 0.647 bits per heavy atom. The van der Waals surface area contributed by atoms with Crippen LogP contribution in [0.4, 0.5) is 0 Å². The summed E-state index contributed by atoms with van der Waals surface area (Å²) in [6, 6.07) is 23.2. The molecule has 0 N–H and O–H groups in total. The summed E-state index contributed by atoms with van der Waals surface area (Å²) >= 11 is 0. The zero-order valence-corrected chi connectivity index (χ0v) is 19.6. The monoisotopic (exact) mass is 462 g/mol. The van der Waals surface area contributed by atoms with Gasteiger partial charge < -0.3 is 18.9 Å². The van der Waals surface area contributed by atoms with E-state index in [2.05, 4.69) is 0 Å².